The molecule has 0 aliphatic rings. The van der Waals surface area contributed by atoms with E-state index in [0.717, 1.165) is 9.99 Å². The van der Waals surface area contributed by atoms with Gasteiger partial charge in [-0.1, -0.05) is 15.9 Å². The van der Waals surface area contributed by atoms with E-state index in [1.54, 1.807) is 0 Å². The highest BCUT2D eigenvalue weighted by atomic mass is 79.9. The Morgan fingerprint density at radius 1 is 1.33 bits per heavy atom. The van der Waals surface area contributed by atoms with Crippen LogP contribution < -0.4 is 0 Å². The van der Waals surface area contributed by atoms with Crippen molar-refractivity contribution >= 4 is 21.4 Å². The molecule has 12 heavy (non-hydrogen) atoms. The normalized spacial score (nSPS) is 10.0. The van der Waals surface area contributed by atoms with Gasteiger partial charge in [-0.3, -0.25) is 0 Å². The predicted molar refractivity (Wildman–Crippen MR) is 49.8 cm³/mol. The van der Waals surface area contributed by atoms with Crippen molar-refractivity contribution in [3.05, 3.63) is 40.6 Å². The van der Waals surface area contributed by atoms with Gasteiger partial charge in [-0.2, -0.15) is 5.26 Å². The smallest absolute Gasteiger partial charge is 0.101 e. The molecule has 0 unspecified atom stereocenters. The minimum Gasteiger partial charge on any atom is -0.322 e. The molecule has 2 aromatic rings. The Bertz CT molecular complexity index is 465. The molecule has 2 aromatic heterocycles. The third kappa shape index (κ3) is 1.01. The fraction of sp³-hybridized carbons (Fsp3) is 0. The van der Waals surface area contributed by atoms with Crippen molar-refractivity contribution in [1.82, 2.24) is 4.40 Å². The summed E-state index contributed by atoms with van der Waals surface area (Å²) in [6.07, 6.45) is 3.79. The molecular weight excluding hydrogens is 216 g/mol. The van der Waals surface area contributed by atoms with E-state index in [1.807, 2.05) is 35.0 Å². The SMILES string of the molecule is N#Cc1ccn2ccc(Br)cc12. The van der Waals surface area contributed by atoms with Gasteiger partial charge >= 0.3 is 0 Å². The predicted octanol–water partition coefficient (Wildman–Crippen LogP) is 2.57. The molecule has 0 saturated carbocycles. The van der Waals surface area contributed by atoms with Gasteiger partial charge in [0.2, 0.25) is 0 Å². The number of nitrogens with zero attached hydrogens (tertiary/aromatic N) is 2. The van der Waals surface area contributed by atoms with Crippen LogP contribution in [-0.4, -0.2) is 4.40 Å². The molecule has 0 radical (unpaired) electrons. The van der Waals surface area contributed by atoms with E-state index in [-0.39, 0.29) is 0 Å². The molecule has 0 aliphatic carbocycles. The van der Waals surface area contributed by atoms with Gasteiger partial charge < -0.3 is 4.40 Å². The molecule has 0 atom stereocenters. The lowest BCUT2D eigenvalue weighted by Crippen LogP contribution is -1.80. The molecule has 2 nitrogen and oxygen atoms in total. The van der Waals surface area contributed by atoms with E-state index in [0.29, 0.717) is 5.56 Å². The third-order valence-electron chi connectivity index (χ3n) is 1.75. The monoisotopic (exact) mass is 220 g/mol. The van der Waals surface area contributed by atoms with Crippen LogP contribution in [-0.2, 0) is 0 Å². The molecule has 0 aliphatic heterocycles. The van der Waals surface area contributed by atoms with Gasteiger partial charge in [0.05, 0.1) is 11.1 Å². The van der Waals surface area contributed by atoms with Crippen molar-refractivity contribution in [3.8, 4) is 6.07 Å². The molecule has 0 aromatic carbocycles. The summed E-state index contributed by atoms with van der Waals surface area (Å²) in [4.78, 5) is 0. The molecule has 0 spiro atoms. The van der Waals surface area contributed by atoms with Crippen molar-refractivity contribution in [2.24, 2.45) is 0 Å². The number of rotatable bonds is 0. The first-order valence-corrected chi connectivity index (χ1v) is 4.27. The molecule has 0 N–H and O–H groups in total. The van der Waals surface area contributed by atoms with Crippen LogP contribution in [0.1, 0.15) is 5.56 Å². The van der Waals surface area contributed by atoms with Crippen molar-refractivity contribution in [2.45, 2.75) is 0 Å². The molecule has 0 saturated heterocycles. The first-order valence-electron chi connectivity index (χ1n) is 3.47. The summed E-state index contributed by atoms with van der Waals surface area (Å²) in [6.45, 7) is 0. The molecule has 3 heteroatoms. The Morgan fingerprint density at radius 3 is 2.83 bits per heavy atom. The Kier molecular flexibility index (Phi) is 1.63. The molecular formula is C9H5BrN2. The first kappa shape index (κ1) is 7.38. The second-order valence-corrected chi connectivity index (χ2v) is 3.39. The second-order valence-electron chi connectivity index (χ2n) is 2.48. The second kappa shape index (κ2) is 2.65. The molecule has 0 amide bonds. The number of halogens is 1. The maximum atomic E-state index is 8.74. The average Bonchev–Trinajstić information content (AvgIpc) is 2.46. The minimum atomic E-state index is 0.705. The number of hydrogen-bond acceptors (Lipinski definition) is 1. The lowest BCUT2D eigenvalue weighted by Gasteiger charge is -1.94. The number of nitriles is 1. The largest absolute Gasteiger partial charge is 0.322 e. The average molecular weight is 221 g/mol. The van der Waals surface area contributed by atoms with Gasteiger partial charge in [-0.15, -0.1) is 0 Å². The van der Waals surface area contributed by atoms with Crippen LogP contribution in [0.5, 0.6) is 0 Å². The summed E-state index contributed by atoms with van der Waals surface area (Å²) in [5.41, 5.74) is 1.64. The van der Waals surface area contributed by atoms with Gasteiger partial charge in [0.15, 0.2) is 0 Å². The number of aromatic nitrogens is 1. The van der Waals surface area contributed by atoms with E-state index < -0.39 is 0 Å². The highest BCUT2D eigenvalue weighted by molar-refractivity contribution is 9.10. The Morgan fingerprint density at radius 2 is 2.08 bits per heavy atom. The molecule has 0 fully saturated rings. The van der Waals surface area contributed by atoms with E-state index >= 15 is 0 Å². The molecule has 2 heterocycles. The van der Waals surface area contributed by atoms with Crippen LogP contribution in [0, 0.1) is 11.3 Å². The zero-order valence-corrected chi connectivity index (χ0v) is 7.75. The maximum Gasteiger partial charge on any atom is 0.101 e. The quantitative estimate of drug-likeness (QED) is 0.671. The molecule has 58 valence electrons. The lowest BCUT2D eigenvalue weighted by molar-refractivity contribution is 1.19. The number of pyridine rings is 1. The van der Waals surface area contributed by atoms with E-state index in [4.69, 9.17) is 5.26 Å². The summed E-state index contributed by atoms with van der Waals surface area (Å²) < 4.78 is 2.91. The summed E-state index contributed by atoms with van der Waals surface area (Å²) in [5, 5.41) is 8.74. The lowest BCUT2D eigenvalue weighted by atomic mass is 10.3. The zero-order chi connectivity index (χ0) is 8.55. The van der Waals surface area contributed by atoms with Crippen LogP contribution in [0.25, 0.3) is 5.52 Å². The number of fused-ring (bicyclic) bond motifs is 1. The van der Waals surface area contributed by atoms with Crippen LogP contribution in [0.4, 0.5) is 0 Å². The van der Waals surface area contributed by atoms with Crippen LogP contribution in [0.2, 0.25) is 0 Å². The fourth-order valence-corrected chi connectivity index (χ4v) is 1.50. The Hall–Kier alpha value is -1.27. The molecule has 0 bridgehead atoms. The maximum absolute atomic E-state index is 8.74. The van der Waals surface area contributed by atoms with E-state index in [2.05, 4.69) is 22.0 Å². The van der Waals surface area contributed by atoms with Gasteiger partial charge in [-0.05, 0) is 18.2 Å². The topological polar surface area (TPSA) is 28.2 Å². The van der Waals surface area contributed by atoms with Crippen molar-refractivity contribution < 1.29 is 0 Å². The Labute approximate surface area is 78.2 Å². The van der Waals surface area contributed by atoms with E-state index in [9.17, 15) is 0 Å². The van der Waals surface area contributed by atoms with Gasteiger partial charge in [0, 0.05) is 16.9 Å². The van der Waals surface area contributed by atoms with Crippen molar-refractivity contribution in [3.63, 3.8) is 0 Å². The summed E-state index contributed by atoms with van der Waals surface area (Å²) in [6, 6.07) is 7.81. The highest BCUT2D eigenvalue weighted by Gasteiger charge is 2.00. The summed E-state index contributed by atoms with van der Waals surface area (Å²) in [7, 11) is 0. The summed E-state index contributed by atoms with van der Waals surface area (Å²) in [5.74, 6) is 0. The fourth-order valence-electron chi connectivity index (χ4n) is 1.17. The highest BCUT2D eigenvalue weighted by Crippen LogP contribution is 2.16. The number of hydrogen-bond donors (Lipinski definition) is 0. The Balaban J connectivity index is 2.86. The van der Waals surface area contributed by atoms with Crippen LogP contribution >= 0.6 is 15.9 Å². The van der Waals surface area contributed by atoms with Gasteiger partial charge in [0.1, 0.15) is 6.07 Å². The summed E-state index contributed by atoms with van der Waals surface area (Å²) >= 11 is 3.36. The van der Waals surface area contributed by atoms with Crippen molar-refractivity contribution in [1.29, 1.82) is 5.26 Å². The van der Waals surface area contributed by atoms with Crippen LogP contribution in [0.3, 0.4) is 0 Å². The van der Waals surface area contributed by atoms with E-state index in [1.165, 1.54) is 0 Å². The van der Waals surface area contributed by atoms with Gasteiger partial charge in [0.25, 0.3) is 0 Å². The zero-order valence-electron chi connectivity index (χ0n) is 6.16. The minimum absolute atomic E-state index is 0.705. The first-order chi connectivity index (χ1) is 5.81. The van der Waals surface area contributed by atoms with Crippen molar-refractivity contribution in [2.75, 3.05) is 0 Å². The van der Waals surface area contributed by atoms with Crippen LogP contribution in [0.15, 0.2) is 35.1 Å². The molecule has 2 rings (SSSR count). The third-order valence-corrected chi connectivity index (χ3v) is 2.24. The van der Waals surface area contributed by atoms with Gasteiger partial charge in [-0.25, -0.2) is 0 Å². The standard InChI is InChI=1S/C9H5BrN2/c10-8-2-4-12-3-1-7(6-11)9(12)5-8/h1-5H.